The monoisotopic (exact) mass is 1880 g/mol. The number of aryl methyl sites for hydroxylation is 7. The van der Waals surface area contributed by atoms with Crippen molar-refractivity contribution in [3.63, 3.8) is 0 Å². The van der Waals surface area contributed by atoms with E-state index in [1.165, 1.54) is 47.4 Å². The largest absolute Gasteiger partial charge is 0.496 e. The van der Waals surface area contributed by atoms with Crippen LogP contribution < -0.4 is 23.7 Å². The molecule has 0 aliphatic carbocycles. The Morgan fingerprint density at radius 1 is 0.252 bits per heavy atom. The Morgan fingerprint density at radius 3 is 0.778 bits per heavy atom. The number of rotatable bonds is 43. The average molecular weight is 1880 g/mol. The number of benzene rings is 8. The molecule has 0 heterocycles. The average Bonchev–Trinajstić information content (AvgIpc) is 0.849. The van der Waals surface area contributed by atoms with Crippen molar-refractivity contribution in [1.29, 1.82) is 0 Å². The highest BCUT2D eigenvalue weighted by molar-refractivity contribution is 5.97. The molecule has 0 unspecified atom stereocenters. The fraction of sp³-hybridized carbons (Fsp3) is 0.438. The zero-order valence-electron chi connectivity index (χ0n) is 83.7. The van der Waals surface area contributed by atoms with Crippen LogP contribution in [-0.2, 0) is 181 Å². The van der Waals surface area contributed by atoms with E-state index in [1.54, 1.807) is 108 Å². The lowest BCUT2D eigenvalue weighted by Crippen LogP contribution is -2.09. The predicted molar refractivity (Wildman–Crippen MR) is 511 cm³/mol. The van der Waals surface area contributed by atoms with Gasteiger partial charge in [-0.1, -0.05) is 157 Å². The van der Waals surface area contributed by atoms with Crippen LogP contribution >= 0.6 is 0 Å². The number of carbonyl (C=O) groups is 9. The molecule has 0 atom stereocenters. The van der Waals surface area contributed by atoms with E-state index in [9.17, 15) is 43.2 Å². The summed E-state index contributed by atoms with van der Waals surface area (Å²) in [5.74, 6) is 1.09. The quantitative estimate of drug-likeness (QED) is 0.0195. The van der Waals surface area contributed by atoms with Gasteiger partial charge in [-0.3, -0.25) is 43.9 Å². The van der Waals surface area contributed by atoms with E-state index >= 15 is 0 Å². The van der Waals surface area contributed by atoms with Crippen molar-refractivity contribution >= 4 is 59.1 Å². The minimum atomic E-state index is -0.491. The minimum absolute atomic E-state index is 0.0640. The van der Waals surface area contributed by atoms with Gasteiger partial charge in [-0.05, 0) is 265 Å². The molecule has 8 rings (SSSR count). The van der Waals surface area contributed by atoms with Crippen molar-refractivity contribution in [3.8, 4) is 28.7 Å². The smallest absolute Gasteiger partial charge is 0.346 e. The van der Waals surface area contributed by atoms with Crippen molar-refractivity contribution in [2.24, 2.45) is 0 Å². The van der Waals surface area contributed by atoms with Crippen LogP contribution in [0.1, 0.15) is 233 Å². The summed E-state index contributed by atoms with van der Waals surface area (Å²) in [4.78, 5) is 175. The van der Waals surface area contributed by atoms with E-state index in [4.69, 9.17) is 23.7 Å². The summed E-state index contributed by atoms with van der Waals surface area (Å²) in [6.07, 6.45) is 3.40. The second-order valence-electron chi connectivity index (χ2n) is 30.1. The third-order valence-electron chi connectivity index (χ3n) is 18.8. The molecule has 0 saturated carbocycles. The van der Waals surface area contributed by atoms with Crippen molar-refractivity contribution in [2.45, 2.75) is 221 Å². The number of ether oxygens (including phenoxy) is 5. The third kappa shape index (κ3) is 50.5. The molecule has 0 aromatic heterocycles. The first-order chi connectivity index (χ1) is 64.5. The van der Waals surface area contributed by atoms with E-state index in [0.717, 1.165) is 96.9 Å². The van der Waals surface area contributed by atoms with E-state index < -0.39 is 29.8 Å². The molecule has 0 fully saturated rings. The van der Waals surface area contributed by atoms with Crippen LogP contribution in [0.2, 0.25) is 0 Å². The standard InChI is InChI=1S/C14H20O4.C14H18O4.C14H20O3.C13H16O5.C13H18O4.C13H18O3.C12H16O4.C12H16O3/c2*1-5-17-18-14(15)9-11-6-7-12(10(2)3)13(8-11)16-4;1-5-16-17-14(15)9-12-6-7-13(10(2)3)11(4)8-12;1-4-17-18-13(15)8-10-5-6-11(9(2)14)12(7-10)16-3;1-4-11-7-6-10(8-12(11)15-3)9-13(14)17-16-5-2;1-4-12-7-6-11(8-10(12)3)9-13(14)16-15-5-2;1-4-15-16-12(13)8-10-6-5-9(2)11(7-10)14-3;1-4-14-15-12(13)8-11-6-5-9(2)10(3)7-11/h6-8,10H,5,9H2,1-4H3;6-8H,2,5,9H2,1,3-4H3;6-8,10H,5,9H2,1-4H3;5-7H,4,8H2,1-3H3;6-8H,4-5,9H2,1-3H3;6-8H,4-5,9H2,1-3H3;5-7H,4,8H2,1-3H3;5-7H,4,8H2,1-3H3. The number of methoxy groups -OCH3 is 5. The van der Waals surface area contributed by atoms with Crippen LogP contribution in [0, 0.1) is 34.6 Å². The maximum absolute atomic E-state index is 11.4. The van der Waals surface area contributed by atoms with Gasteiger partial charge < -0.3 is 23.7 Å². The summed E-state index contributed by atoms with van der Waals surface area (Å²) >= 11 is 0. The van der Waals surface area contributed by atoms with E-state index in [-0.39, 0.29) is 75.1 Å². The fourth-order valence-corrected chi connectivity index (χ4v) is 12.1. The molecular formula is C105H142O30. The van der Waals surface area contributed by atoms with Gasteiger partial charge >= 0.3 is 47.8 Å². The summed E-state index contributed by atoms with van der Waals surface area (Å²) in [5.41, 5.74) is 19.9. The highest BCUT2D eigenvalue weighted by atomic mass is 17.2. The second-order valence-corrected chi connectivity index (χ2v) is 30.1. The van der Waals surface area contributed by atoms with Crippen molar-refractivity contribution < 1.29 is 145 Å². The molecule has 8 aromatic carbocycles. The van der Waals surface area contributed by atoms with Gasteiger partial charge in [0.1, 0.15) is 28.7 Å². The second kappa shape index (κ2) is 70.3. The summed E-state index contributed by atoms with van der Waals surface area (Å²) in [5, 5.41) is 0. The molecule has 0 aliphatic rings. The Bertz CT molecular complexity index is 4830. The summed E-state index contributed by atoms with van der Waals surface area (Å²) in [7, 11) is 7.92. The number of allylic oxidation sites excluding steroid dienone is 1. The number of hydrogen-bond acceptors (Lipinski definition) is 30. The Hall–Kier alpha value is -12.4. The molecule has 0 spiro atoms. The molecule has 742 valence electrons. The third-order valence-corrected chi connectivity index (χ3v) is 18.8. The number of ketones is 1. The molecule has 0 N–H and O–H groups in total. The molecule has 30 nitrogen and oxygen atoms in total. The zero-order valence-corrected chi connectivity index (χ0v) is 83.7. The first-order valence-corrected chi connectivity index (χ1v) is 44.8. The highest BCUT2D eigenvalue weighted by Gasteiger charge is 2.18. The van der Waals surface area contributed by atoms with Crippen molar-refractivity contribution in [1.82, 2.24) is 0 Å². The summed E-state index contributed by atoms with van der Waals surface area (Å²) in [6.45, 7) is 46.9. The summed E-state index contributed by atoms with van der Waals surface area (Å²) < 4.78 is 26.1. The maximum Gasteiger partial charge on any atom is 0.346 e. The lowest BCUT2D eigenvalue weighted by molar-refractivity contribution is -0.269. The lowest BCUT2D eigenvalue weighted by Gasteiger charge is -2.13. The Balaban J connectivity index is 0.000000772. The Morgan fingerprint density at radius 2 is 0.496 bits per heavy atom. The molecule has 0 saturated heterocycles. The number of hydrogen-bond donors (Lipinski definition) is 0. The van der Waals surface area contributed by atoms with Gasteiger partial charge in [0.25, 0.3) is 0 Å². The van der Waals surface area contributed by atoms with Gasteiger partial charge in [-0.2, -0.15) is 39.1 Å². The van der Waals surface area contributed by atoms with E-state index in [2.05, 4.69) is 152 Å². The van der Waals surface area contributed by atoms with Gasteiger partial charge in [0.2, 0.25) is 0 Å². The first kappa shape index (κ1) is 121. The van der Waals surface area contributed by atoms with E-state index in [0.29, 0.717) is 87.3 Å². The topological polar surface area (TPSA) is 347 Å². The van der Waals surface area contributed by atoms with Crippen LogP contribution in [0.5, 0.6) is 28.7 Å². The van der Waals surface area contributed by atoms with Gasteiger partial charge in [0.05, 0.1) is 145 Å². The molecule has 0 aliphatic heterocycles. The van der Waals surface area contributed by atoms with E-state index in [1.807, 2.05) is 137 Å². The molecule has 0 radical (unpaired) electrons. The fourth-order valence-electron chi connectivity index (χ4n) is 12.1. The zero-order chi connectivity index (χ0) is 101. The molecule has 8 aromatic rings. The Labute approximate surface area is 796 Å². The van der Waals surface area contributed by atoms with Crippen molar-refractivity contribution in [3.05, 3.63) is 258 Å². The lowest BCUT2D eigenvalue weighted by atomic mass is 9.95. The molecule has 135 heavy (non-hydrogen) atoms. The molecule has 0 bridgehead atoms. The first-order valence-electron chi connectivity index (χ1n) is 44.8. The highest BCUT2D eigenvalue weighted by Crippen LogP contribution is 2.30. The van der Waals surface area contributed by atoms with Gasteiger partial charge in [0, 0.05) is 5.56 Å². The normalized spacial score (nSPS) is 10.2. The van der Waals surface area contributed by atoms with Crippen molar-refractivity contribution in [2.75, 3.05) is 88.4 Å². The van der Waals surface area contributed by atoms with Gasteiger partial charge in [-0.25, -0.2) is 38.4 Å². The van der Waals surface area contributed by atoms with Gasteiger partial charge in [0.15, 0.2) is 5.78 Å². The predicted octanol–water partition coefficient (Wildman–Crippen LogP) is 20.0. The van der Waals surface area contributed by atoms with Crippen LogP contribution in [0.3, 0.4) is 0 Å². The molecule has 0 amide bonds. The van der Waals surface area contributed by atoms with Crippen LogP contribution in [0.15, 0.2) is 152 Å². The Kier molecular flexibility index (Phi) is 62.8. The number of carbonyl (C=O) groups excluding carboxylic acids is 9. The molecular weight excluding hydrogens is 1740 g/mol. The number of Topliss-reactive ketones (excluding diaryl/α,β-unsaturated/α-hetero) is 1. The van der Waals surface area contributed by atoms with Crippen LogP contribution in [-0.4, -0.2) is 142 Å². The minimum Gasteiger partial charge on any atom is -0.496 e. The maximum atomic E-state index is 11.4. The van der Waals surface area contributed by atoms with Crippen LogP contribution in [0.4, 0.5) is 0 Å². The van der Waals surface area contributed by atoms with Gasteiger partial charge in [-0.15, -0.1) is 0 Å². The van der Waals surface area contributed by atoms with Crippen LogP contribution in [0.25, 0.3) is 5.57 Å². The summed E-state index contributed by atoms with van der Waals surface area (Å²) in [6, 6.07) is 45.6. The molecule has 30 heteroatoms. The SMILES string of the molecule is C=C(C)c1ccc(CC(=O)OOCC)cc1OC.CCOOC(=O)Cc1ccc(C(C)=O)c(OC)c1.CCOOC(=O)Cc1ccc(C(C)C)c(C)c1.CCOOC(=O)Cc1ccc(C(C)C)c(OC)c1.CCOOC(=O)Cc1ccc(C)c(C)c1.CCOOC(=O)Cc1ccc(C)c(OC)c1.CCOOC(=O)Cc1ccc(CC)c(C)c1.CCOOC(=O)Cc1ccc(CC)c(OC)c1.